The van der Waals surface area contributed by atoms with Gasteiger partial charge in [0.25, 0.3) is 0 Å². The fourth-order valence-electron chi connectivity index (χ4n) is 5.45. The van der Waals surface area contributed by atoms with E-state index in [0.717, 1.165) is 51.5 Å². The summed E-state index contributed by atoms with van der Waals surface area (Å²) in [5.74, 6) is -0.764. The topological polar surface area (TPSA) is 97.4 Å². The quantitative estimate of drug-likeness (QED) is 0.233. The number of pyridine rings is 1. The van der Waals surface area contributed by atoms with E-state index in [2.05, 4.69) is 25.4 Å². The summed E-state index contributed by atoms with van der Waals surface area (Å²) in [6.45, 7) is 8.91. The minimum atomic E-state index is -4.90. The Morgan fingerprint density at radius 2 is 1.86 bits per heavy atom. The van der Waals surface area contributed by atoms with E-state index in [4.69, 9.17) is 18.9 Å². The Morgan fingerprint density at radius 3 is 2.57 bits per heavy atom. The summed E-state index contributed by atoms with van der Waals surface area (Å²) >= 11 is 0. The standard InChI is InChI=1S/C31H38F3N5O5/c1-3-43-30(40)27-28(31(32,33)34)23-20-22(44-16-4-11-38-14-17-42-18-15-38)6-8-24(23)36-29(27)37-25-7-5-21(19-26(25)41-2)39-12-9-35-10-13-39/h5-8,19-20,35H,3-4,9-18H2,1-2H3,(H,36,37). The zero-order valence-corrected chi connectivity index (χ0v) is 25.0. The number of fused-ring (bicyclic) bond motifs is 1. The summed E-state index contributed by atoms with van der Waals surface area (Å²) in [4.78, 5) is 22.1. The highest BCUT2D eigenvalue weighted by molar-refractivity contribution is 6.03. The molecule has 238 valence electrons. The van der Waals surface area contributed by atoms with E-state index < -0.39 is 23.3 Å². The van der Waals surface area contributed by atoms with Crippen molar-refractivity contribution in [3.8, 4) is 11.5 Å². The number of anilines is 3. The van der Waals surface area contributed by atoms with E-state index in [1.165, 1.54) is 26.2 Å². The molecule has 10 nitrogen and oxygen atoms in total. The summed E-state index contributed by atoms with van der Waals surface area (Å²) in [5.41, 5.74) is -0.523. The van der Waals surface area contributed by atoms with Crippen LogP contribution in [0.3, 0.4) is 0 Å². The lowest BCUT2D eigenvalue weighted by molar-refractivity contribution is -0.136. The number of piperazine rings is 1. The van der Waals surface area contributed by atoms with Gasteiger partial charge in [0.1, 0.15) is 22.9 Å². The Morgan fingerprint density at radius 1 is 1.09 bits per heavy atom. The lowest BCUT2D eigenvalue weighted by Crippen LogP contribution is -2.43. The first-order chi connectivity index (χ1) is 21.3. The van der Waals surface area contributed by atoms with Crippen LogP contribution in [0, 0.1) is 0 Å². The zero-order chi connectivity index (χ0) is 31.1. The third-order valence-corrected chi connectivity index (χ3v) is 7.63. The van der Waals surface area contributed by atoms with Crippen molar-refractivity contribution in [3.05, 3.63) is 47.5 Å². The molecule has 0 aliphatic carbocycles. The van der Waals surface area contributed by atoms with Crippen LogP contribution in [0.4, 0.5) is 30.4 Å². The Balaban J connectivity index is 1.48. The van der Waals surface area contributed by atoms with Crippen molar-refractivity contribution in [1.82, 2.24) is 15.2 Å². The average molecular weight is 618 g/mol. The molecule has 0 amide bonds. The molecule has 0 saturated carbocycles. The van der Waals surface area contributed by atoms with Gasteiger partial charge in [-0.05, 0) is 43.7 Å². The molecule has 0 atom stereocenters. The number of ether oxygens (including phenoxy) is 4. The van der Waals surface area contributed by atoms with Crippen molar-refractivity contribution in [3.63, 3.8) is 0 Å². The van der Waals surface area contributed by atoms with E-state index in [9.17, 15) is 18.0 Å². The van der Waals surface area contributed by atoms with Crippen LogP contribution in [-0.2, 0) is 15.7 Å². The maximum atomic E-state index is 14.8. The second-order valence-electron chi connectivity index (χ2n) is 10.5. The molecule has 0 bridgehead atoms. The van der Waals surface area contributed by atoms with Crippen LogP contribution in [-0.4, -0.2) is 95.2 Å². The van der Waals surface area contributed by atoms with Gasteiger partial charge < -0.3 is 34.5 Å². The molecule has 1 aromatic heterocycles. The van der Waals surface area contributed by atoms with Gasteiger partial charge in [0, 0.05) is 63.0 Å². The molecule has 2 N–H and O–H groups in total. The second kappa shape index (κ2) is 14.3. The van der Waals surface area contributed by atoms with Crippen molar-refractivity contribution in [2.24, 2.45) is 0 Å². The Kier molecular flexibility index (Phi) is 10.3. The number of aromatic nitrogens is 1. The summed E-state index contributed by atoms with van der Waals surface area (Å²) in [7, 11) is 1.48. The molecule has 2 saturated heterocycles. The van der Waals surface area contributed by atoms with E-state index in [0.29, 0.717) is 37.7 Å². The molecule has 2 fully saturated rings. The van der Waals surface area contributed by atoms with Crippen molar-refractivity contribution in [2.45, 2.75) is 19.5 Å². The number of benzene rings is 2. The number of nitrogens with one attached hydrogen (secondary N) is 2. The number of alkyl halides is 3. The van der Waals surface area contributed by atoms with Gasteiger partial charge >= 0.3 is 12.1 Å². The first-order valence-corrected chi connectivity index (χ1v) is 14.8. The lowest BCUT2D eigenvalue weighted by Gasteiger charge is -2.30. The molecule has 0 spiro atoms. The van der Waals surface area contributed by atoms with Gasteiger partial charge in [-0.25, -0.2) is 9.78 Å². The predicted octanol–water partition coefficient (Wildman–Crippen LogP) is 4.69. The second-order valence-corrected chi connectivity index (χ2v) is 10.5. The molecule has 5 rings (SSSR count). The third kappa shape index (κ3) is 7.45. The number of nitrogens with zero attached hydrogens (tertiary/aromatic N) is 3. The molecule has 2 aromatic carbocycles. The number of esters is 1. The van der Waals surface area contributed by atoms with Crippen molar-refractivity contribution in [1.29, 1.82) is 0 Å². The lowest BCUT2D eigenvalue weighted by atomic mass is 10.0. The Labute approximate surface area is 254 Å². The maximum Gasteiger partial charge on any atom is 0.418 e. The number of hydrogen-bond acceptors (Lipinski definition) is 10. The van der Waals surface area contributed by atoms with Crippen LogP contribution < -0.4 is 25.0 Å². The number of rotatable bonds is 11. The van der Waals surface area contributed by atoms with Crippen LogP contribution in [0.5, 0.6) is 11.5 Å². The van der Waals surface area contributed by atoms with Gasteiger partial charge in [0.05, 0.1) is 50.3 Å². The molecule has 13 heteroatoms. The van der Waals surface area contributed by atoms with Crippen LogP contribution in [0.2, 0.25) is 0 Å². The molecule has 0 radical (unpaired) electrons. The molecule has 2 aliphatic heterocycles. The summed E-state index contributed by atoms with van der Waals surface area (Å²) in [5, 5.41) is 5.99. The maximum absolute atomic E-state index is 14.8. The van der Waals surface area contributed by atoms with Crippen LogP contribution in [0.25, 0.3) is 10.9 Å². The smallest absolute Gasteiger partial charge is 0.418 e. The van der Waals surface area contributed by atoms with Crippen molar-refractivity contribution >= 4 is 34.1 Å². The monoisotopic (exact) mass is 617 g/mol. The fourth-order valence-corrected chi connectivity index (χ4v) is 5.45. The molecule has 3 aromatic rings. The minimum Gasteiger partial charge on any atom is -0.494 e. The number of methoxy groups -OCH3 is 1. The zero-order valence-electron chi connectivity index (χ0n) is 25.0. The predicted molar refractivity (Wildman–Crippen MR) is 161 cm³/mol. The van der Waals surface area contributed by atoms with E-state index in [1.54, 1.807) is 12.1 Å². The van der Waals surface area contributed by atoms with Crippen LogP contribution in [0.1, 0.15) is 29.3 Å². The first-order valence-electron chi connectivity index (χ1n) is 14.8. The Bertz CT molecular complexity index is 1440. The summed E-state index contributed by atoms with van der Waals surface area (Å²) < 4.78 is 66.3. The van der Waals surface area contributed by atoms with Gasteiger partial charge in [-0.15, -0.1) is 0 Å². The normalized spacial score (nSPS) is 16.2. The average Bonchev–Trinajstić information content (AvgIpc) is 3.03. The number of hydrogen-bond donors (Lipinski definition) is 2. The number of halogens is 3. The summed E-state index contributed by atoms with van der Waals surface area (Å²) in [6.07, 6.45) is -4.19. The van der Waals surface area contributed by atoms with Gasteiger partial charge in [-0.2, -0.15) is 13.2 Å². The number of carbonyl (C=O) groups excluding carboxylic acids is 1. The fraction of sp³-hybridized carbons (Fsp3) is 0.484. The van der Waals surface area contributed by atoms with Gasteiger partial charge in [0.2, 0.25) is 0 Å². The largest absolute Gasteiger partial charge is 0.494 e. The molecule has 0 unspecified atom stereocenters. The SMILES string of the molecule is CCOC(=O)c1c(Nc2ccc(N3CCNCC3)cc2OC)nc2ccc(OCCCN3CCOCC3)cc2c1C(F)(F)F. The van der Waals surface area contributed by atoms with Gasteiger partial charge in [-0.3, -0.25) is 4.90 Å². The highest BCUT2D eigenvalue weighted by atomic mass is 19.4. The van der Waals surface area contributed by atoms with Crippen LogP contribution >= 0.6 is 0 Å². The molecule has 2 aliphatic rings. The van der Waals surface area contributed by atoms with E-state index in [-0.39, 0.29) is 29.1 Å². The molecular formula is C31H38F3N5O5. The van der Waals surface area contributed by atoms with Crippen LogP contribution in [0.15, 0.2) is 36.4 Å². The number of carbonyl (C=O) groups is 1. The van der Waals surface area contributed by atoms with E-state index in [1.807, 2.05) is 12.1 Å². The highest BCUT2D eigenvalue weighted by Crippen LogP contribution is 2.42. The summed E-state index contributed by atoms with van der Waals surface area (Å²) in [6, 6.07) is 9.71. The molecular weight excluding hydrogens is 579 g/mol. The Hall–Kier alpha value is -3.81. The highest BCUT2D eigenvalue weighted by Gasteiger charge is 2.40. The van der Waals surface area contributed by atoms with Gasteiger partial charge in [0.15, 0.2) is 0 Å². The van der Waals surface area contributed by atoms with Gasteiger partial charge in [-0.1, -0.05) is 0 Å². The molecule has 3 heterocycles. The number of morpholine rings is 1. The third-order valence-electron chi connectivity index (χ3n) is 7.63. The minimum absolute atomic E-state index is 0.0462. The molecule has 44 heavy (non-hydrogen) atoms. The van der Waals surface area contributed by atoms with Crippen molar-refractivity contribution < 1.29 is 36.9 Å². The first kappa shape index (κ1) is 31.6. The van der Waals surface area contributed by atoms with E-state index >= 15 is 0 Å². The van der Waals surface area contributed by atoms with Crippen molar-refractivity contribution in [2.75, 3.05) is 89.6 Å².